The Kier molecular flexibility index (Phi) is 59.8. The maximum absolute atomic E-state index is 11.1. The molecule has 0 aliphatic rings. The molecule has 0 atom stereocenters. The monoisotopic (exact) mass is 1200 g/mol. The maximum atomic E-state index is 11.1. The van der Waals surface area contributed by atoms with Gasteiger partial charge < -0.3 is 84.1 Å². The second-order valence-electron chi connectivity index (χ2n) is 16.1. The van der Waals surface area contributed by atoms with Gasteiger partial charge >= 0.3 is 61.6 Å². The van der Waals surface area contributed by atoms with E-state index in [0.29, 0.717) is 0 Å². The molecular weight excluding hydrogens is 1110 g/mol. The minimum absolute atomic E-state index is 0.126. The molecule has 0 aromatic rings. The van der Waals surface area contributed by atoms with E-state index in [1.807, 2.05) is 0 Å². The van der Waals surface area contributed by atoms with Crippen molar-refractivity contribution in [2.24, 2.45) is 0 Å². The maximum Gasteiger partial charge on any atom is 0.417 e. The van der Waals surface area contributed by atoms with Crippen molar-refractivity contribution in [2.45, 2.75) is 91.7 Å². The summed E-state index contributed by atoms with van der Waals surface area (Å²) >= 11 is 0. The smallest absolute Gasteiger partial charge is 0.417 e. The second-order valence-corrected chi connectivity index (χ2v) is 26.8. The normalized spacial score (nSPS) is 9.85. The van der Waals surface area contributed by atoms with Gasteiger partial charge in [0.15, 0.2) is 6.73 Å². The van der Waals surface area contributed by atoms with Gasteiger partial charge in [-0.1, -0.05) is 32.9 Å². The van der Waals surface area contributed by atoms with Crippen molar-refractivity contribution in [3.05, 3.63) is 98.3 Å². The van der Waals surface area contributed by atoms with Crippen molar-refractivity contribution in [3.8, 4) is 6.26 Å². The number of aliphatic hydroxyl groups is 2. The van der Waals surface area contributed by atoms with Crippen molar-refractivity contribution in [3.63, 3.8) is 0 Å². The van der Waals surface area contributed by atoms with Crippen LogP contribution in [-0.4, -0.2) is 169 Å². The number of carbonyl (C=O) groups excluding carboxylic acids is 6. The largest absolute Gasteiger partial charge is 0.481 e. The molecular formula is C51H92N2O24Si3. The highest BCUT2D eigenvalue weighted by molar-refractivity contribution is 6.66. The summed E-state index contributed by atoms with van der Waals surface area (Å²) in [4.78, 5) is 64.5. The number of esters is 5. The molecule has 0 spiro atoms. The Hall–Kier alpha value is -6.28. The molecule has 0 aliphatic heterocycles. The summed E-state index contributed by atoms with van der Waals surface area (Å²) < 4.78 is 76.8. The topological polar surface area (TPSA) is 326 Å². The third-order valence-corrected chi connectivity index (χ3v) is 17.8. The quantitative estimate of drug-likeness (QED) is 0.00857. The molecule has 3 N–H and O–H groups in total. The van der Waals surface area contributed by atoms with E-state index >= 15 is 0 Å². The van der Waals surface area contributed by atoms with Crippen LogP contribution in [0.25, 0.3) is 0 Å². The van der Waals surface area contributed by atoms with Crippen LogP contribution < -0.4 is 5.32 Å². The number of carbonyl (C=O) groups is 6. The summed E-state index contributed by atoms with van der Waals surface area (Å²) in [6.07, 6.45) is 3.41. The van der Waals surface area contributed by atoms with Crippen LogP contribution >= 0.6 is 0 Å². The summed E-state index contributed by atoms with van der Waals surface area (Å²) in [6.45, 7) is 40.8. The number of nitrogens with zero attached hydrogens (tertiary/aromatic N) is 1. The number of nitriles is 1. The van der Waals surface area contributed by atoms with Crippen LogP contribution in [0.1, 0.15) is 53.9 Å². The molecule has 0 saturated carbocycles. The summed E-state index contributed by atoms with van der Waals surface area (Å²) in [7, 11) is 9.94. The van der Waals surface area contributed by atoms with Crippen LogP contribution in [0.5, 0.6) is 0 Å². The number of hydrogen-bond donors (Lipinski definition) is 3. The highest BCUT2D eigenvalue weighted by atomic mass is 28.4. The standard InChI is InChI=1S/C12H15NO6.3C7H18O3Si.C6H7NO3.2C6H8O3/c1-7(2)10(14)17-6-13-12(16)19-9(5)18-11(15)8(3)4;3*1-8-6-5-7-11(4,9-2)10-3;1-5(2)6(8)10-4-9-3-7;2*1-4(2)6(8)9-5(3)7/h1,3,5-6H2,2,4H3,(H,13,16);3*5-7H2,1-4H3;1,4H2,2H3;2*7H,1,3H2,2H3. The van der Waals surface area contributed by atoms with Gasteiger partial charge in [0.1, 0.15) is 0 Å². The van der Waals surface area contributed by atoms with Gasteiger partial charge in [-0.25, -0.2) is 28.8 Å². The van der Waals surface area contributed by atoms with Gasteiger partial charge in [0.25, 0.3) is 24.1 Å². The average Bonchev–Trinajstić information content (AvgIpc) is 3.39. The highest BCUT2D eigenvalue weighted by Crippen LogP contribution is 2.15. The molecule has 1 amide bonds. The predicted molar refractivity (Wildman–Crippen MR) is 304 cm³/mol. The first kappa shape index (κ1) is 87.6. The zero-order chi connectivity index (χ0) is 64.1. The van der Waals surface area contributed by atoms with Crippen LogP contribution in [0.2, 0.25) is 37.8 Å². The first-order valence-corrected chi connectivity index (χ1v) is 31.1. The minimum atomic E-state index is -1.81. The van der Waals surface area contributed by atoms with Crippen molar-refractivity contribution in [2.75, 3.05) is 97.3 Å². The van der Waals surface area contributed by atoms with Gasteiger partial charge in [0, 0.05) is 112 Å². The zero-order valence-corrected chi connectivity index (χ0v) is 53.3. The Morgan fingerprint density at radius 1 is 0.450 bits per heavy atom. The lowest BCUT2D eigenvalue weighted by molar-refractivity contribution is -0.147. The molecule has 0 fully saturated rings. The number of hydrogen-bond acceptors (Lipinski definition) is 25. The lowest BCUT2D eigenvalue weighted by atomic mass is 10.4. The summed E-state index contributed by atoms with van der Waals surface area (Å²) in [5.41, 5.74) is 1.05. The molecule has 29 heteroatoms. The van der Waals surface area contributed by atoms with E-state index in [4.69, 9.17) is 56.2 Å². The van der Waals surface area contributed by atoms with Gasteiger partial charge in [-0.05, 0) is 111 Å². The molecule has 80 heavy (non-hydrogen) atoms. The molecule has 0 heterocycles. The lowest BCUT2D eigenvalue weighted by Crippen LogP contribution is -2.36. The van der Waals surface area contributed by atoms with E-state index in [0.717, 1.165) is 57.2 Å². The van der Waals surface area contributed by atoms with Crippen LogP contribution in [0.4, 0.5) is 4.79 Å². The molecule has 0 aromatic carbocycles. The Morgan fingerprint density at radius 3 is 0.950 bits per heavy atom. The van der Waals surface area contributed by atoms with Crippen LogP contribution in [0.15, 0.2) is 98.3 Å². The SMILES string of the molecule is C=C(C)C(=O)OCOC#N.C=C(O)OC(=O)C(=C)C.C=C(O)OC(=O)C(=C)C.C=C(OC(=O)NCOC(=O)C(=C)C)OC(=O)C(=C)C.COCCC[Si](C)(OC)OC.COCCC[Si](C)(OC)OC.COCCC[Si](C)(OC)OC. The zero-order valence-electron chi connectivity index (χ0n) is 50.3. The number of alkyl carbamates (subject to hydrolysis) is 1. The van der Waals surface area contributed by atoms with Crippen molar-refractivity contribution < 1.29 is 113 Å². The van der Waals surface area contributed by atoms with E-state index < -0.39 is 86.2 Å². The molecule has 0 radical (unpaired) electrons. The first-order chi connectivity index (χ1) is 37.0. The Morgan fingerprint density at radius 2 is 0.725 bits per heavy atom. The highest BCUT2D eigenvalue weighted by Gasteiger charge is 2.29. The number of amides is 1. The van der Waals surface area contributed by atoms with Gasteiger partial charge in [0.2, 0.25) is 6.79 Å². The first-order valence-electron chi connectivity index (χ1n) is 23.5. The summed E-state index contributed by atoms with van der Waals surface area (Å²) in [5.74, 6) is -5.05. The molecule has 0 rings (SSSR count). The van der Waals surface area contributed by atoms with E-state index in [-0.39, 0.29) is 34.7 Å². The molecule has 26 nitrogen and oxygen atoms in total. The summed E-state index contributed by atoms with van der Waals surface area (Å²) in [5, 5.41) is 26.5. The van der Waals surface area contributed by atoms with E-state index in [2.05, 4.69) is 111 Å². The van der Waals surface area contributed by atoms with Gasteiger partial charge in [-0.2, -0.15) is 5.26 Å². The minimum Gasteiger partial charge on any atom is -0.481 e. The van der Waals surface area contributed by atoms with E-state index in [9.17, 15) is 28.8 Å². The van der Waals surface area contributed by atoms with Crippen molar-refractivity contribution in [1.29, 1.82) is 5.26 Å². The summed E-state index contributed by atoms with van der Waals surface area (Å²) in [6, 6.07) is 2.98. The number of ether oxygens (including phenoxy) is 10. The van der Waals surface area contributed by atoms with Crippen molar-refractivity contribution >= 4 is 61.6 Å². The van der Waals surface area contributed by atoms with Gasteiger partial charge in [-0.3, -0.25) is 5.32 Å². The molecule has 0 bridgehead atoms. The van der Waals surface area contributed by atoms with Crippen LogP contribution in [-0.2, 0) is 97.9 Å². The van der Waals surface area contributed by atoms with E-state index in [1.165, 1.54) is 40.9 Å². The molecule has 0 saturated heterocycles. The second kappa shape index (κ2) is 54.7. The fourth-order valence-electron chi connectivity index (χ4n) is 3.73. The third-order valence-electron chi connectivity index (χ3n) is 8.84. The molecule has 462 valence electrons. The Labute approximate surface area is 477 Å². The van der Waals surface area contributed by atoms with E-state index in [1.54, 1.807) is 64.0 Å². The van der Waals surface area contributed by atoms with Crippen LogP contribution in [0, 0.1) is 11.5 Å². The van der Waals surface area contributed by atoms with Gasteiger partial charge in [-0.15, -0.1) is 0 Å². The van der Waals surface area contributed by atoms with Crippen molar-refractivity contribution in [1.82, 2.24) is 5.32 Å². The molecule has 0 aromatic heterocycles. The number of nitrogens with one attached hydrogen (secondary N) is 1. The Bertz CT molecular complexity index is 1850. The third kappa shape index (κ3) is 60.9. The average molecular weight is 1200 g/mol. The number of rotatable bonds is 31. The van der Waals surface area contributed by atoms with Crippen LogP contribution in [0.3, 0.4) is 0 Å². The molecule has 0 unspecified atom stereocenters. The molecule has 0 aliphatic carbocycles. The number of aliphatic hydroxyl groups excluding tert-OH is 2. The van der Waals surface area contributed by atoms with Gasteiger partial charge in [0.05, 0.1) is 0 Å². The number of methoxy groups -OCH3 is 3. The Balaban J connectivity index is -0.000000158. The lowest BCUT2D eigenvalue weighted by Gasteiger charge is -2.22. The fraction of sp³-hybridized carbons (Fsp3) is 0.549. The predicted octanol–water partition coefficient (Wildman–Crippen LogP) is 8.37. The fourth-order valence-corrected chi connectivity index (χ4v) is 7.82.